The van der Waals surface area contributed by atoms with Crippen molar-refractivity contribution in [2.45, 2.75) is 25.8 Å². The first-order valence-corrected chi connectivity index (χ1v) is 7.36. The number of hydrogen-bond acceptors (Lipinski definition) is 4. The Hall–Kier alpha value is -3.16. The van der Waals surface area contributed by atoms with E-state index in [0.29, 0.717) is 5.69 Å². The summed E-state index contributed by atoms with van der Waals surface area (Å²) in [5.41, 5.74) is 0.991. The maximum atomic E-state index is 12.2. The zero-order chi connectivity index (χ0) is 17.3. The lowest BCUT2D eigenvalue weighted by molar-refractivity contribution is -0.146. The number of carboxylic acids is 1. The molecule has 24 heavy (non-hydrogen) atoms. The van der Waals surface area contributed by atoms with Crippen LogP contribution in [0.1, 0.15) is 19.4 Å². The number of rotatable bonds is 5. The normalized spacial score (nSPS) is 11.6. The van der Waals surface area contributed by atoms with Crippen LogP contribution in [0.5, 0.6) is 0 Å². The molecule has 1 amide bonds. The van der Waals surface area contributed by atoms with Crippen LogP contribution < -0.4 is 5.32 Å². The second kappa shape index (κ2) is 5.80. The van der Waals surface area contributed by atoms with Gasteiger partial charge in [0.05, 0.1) is 30.0 Å². The van der Waals surface area contributed by atoms with Gasteiger partial charge in [0, 0.05) is 11.6 Å². The third-order valence-electron chi connectivity index (χ3n) is 3.83. The van der Waals surface area contributed by atoms with Crippen LogP contribution in [-0.4, -0.2) is 37.0 Å². The summed E-state index contributed by atoms with van der Waals surface area (Å²) in [4.78, 5) is 23.4. The monoisotopic (exact) mass is 327 g/mol. The van der Waals surface area contributed by atoms with Crippen molar-refractivity contribution in [3.8, 4) is 0 Å². The fourth-order valence-corrected chi connectivity index (χ4v) is 2.28. The molecule has 2 aromatic heterocycles. The molecule has 0 spiro atoms. The quantitative estimate of drug-likeness (QED) is 0.661. The highest BCUT2D eigenvalue weighted by atomic mass is 16.4. The fourth-order valence-electron chi connectivity index (χ4n) is 2.28. The van der Waals surface area contributed by atoms with E-state index in [9.17, 15) is 14.7 Å². The molecule has 0 bridgehead atoms. The van der Waals surface area contributed by atoms with E-state index in [-0.39, 0.29) is 12.3 Å². The zero-order valence-electron chi connectivity index (χ0n) is 13.3. The molecule has 3 rings (SSSR count). The summed E-state index contributed by atoms with van der Waals surface area (Å²) in [6.07, 6.45) is 4.85. The number of anilines is 1. The first-order valence-electron chi connectivity index (χ1n) is 7.36. The average molecular weight is 327 g/mol. The van der Waals surface area contributed by atoms with E-state index in [0.717, 1.165) is 16.5 Å². The molecule has 8 heteroatoms. The summed E-state index contributed by atoms with van der Waals surface area (Å²) in [5, 5.41) is 23.7. The Morgan fingerprint density at radius 1 is 1.33 bits per heavy atom. The van der Waals surface area contributed by atoms with Gasteiger partial charge in [0.2, 0.25) is 5.91 Å². The molecule has 0 aliphatic carbocycles. The van der Waals surface area contributed by atoms with E-state index >= 15 is 0 Å². The highest BCUT2D eigenvalue weighted by Gasteiger charge is 2.30. The van der Waals surface area contributed by atoms with Crippen LogP contribution in [0, 0.1) is 0 Å². The molecule has 124 valence electrons. The minimum atomic E-state index is -1.19. The molecule has 0 saturated heterocycles. The molecular formula is C16H17N5O3. The molecule has 3 aromatic rings. The minimum Gasteiger partial charge on any atom is -0.479 e. The van der Waals surface area contributed by atoms with Gasteiger partial charge in [0.1, 0.15) is 0 Å². The molecule has 0 aliphatic heterocycles. The van der Waals surface area contributed by atoms with Crippen molar-refractivity contribution >= 4 is 28.5 Å². The summed E-state index contributed by atoms with van der Waals surface area (Å²) in [7, 11) is 0. The number of nitrogens with one attached hydrogen (secondary N) is 2. The maximum absolute atomic E-state index is 12.2. The molecule has 0 fully saturated rings. The van der Waals surface area contributed by atoms with E-state index < -0.39 is 11.5 Å². The smallest absolute Gasteiger partial charge is 0.331 e. The van der Waals surface area contributed by atoms with E-state index in [4.69, 9.17) is 0 Å². The Morgan fingerprint density at radius 3 is 2.88 bits per heavy atom. The highest BCUT2D eigenvalue weighted by Crippen LogP contribution is 2.18. The van der Waals surface area contributed by atoms with Gasteiger partial charge in [-0.3, -0.25) is 14.6 Å². The lowest BCUT2D eigenvalue weighted by Gasteiger charge is -2.19. The van der Waals surface area contributed by atoms with E-state index in [1.54, 1.807) is 6.20 Å². The van der Waals surface area contributed by atoms with Crippen LogP contribution >= 0.6 is 0 Å². The number of aromatic amines is 1. The molecule has 1 aromatic carbocycles. The number of aliphatic carboxylic acids is 1. The van der Waals surface area contributed by atoms with Gasteiger partial charge >= 0.3 is 5.97 Å². The molecule has 0 aliphatic rings. The van der Waals surface area contributed by atoms with Gasteiger partial charge in [-0.15, -0.1) is 0 Å². The van der Waals surface area contributed by atoms with Crippen molar-refractivity contribution in [3.05, 3.63) is 42.4 Å². The Balaban J connectivity index is 1.69. The van der Waals surface area contributed by atoms with Crippen LogP contribution in [0.25, 0.3) is 10.9 Å². The Bertz CT molecular complexity index is 909. The number of carbonyl (C=O) groups is 2. The van der Waals surface area contributed by atoms with Crippen molar-refractivity contribution in [2.24, 2.45) is 0 Å². The maximum Gasteiger partial charge on any atom is 0.331 e. The SMILES string of the molecule is CC(C)(C(=O)O)n1cc(NC(=O)Cc2ccc3cn[nH]c3c2)cn1. The number of H-pyrrole nitrogens is 1. The number of amides is 1. The van der Waals surface area contributed by atoms with Gasteiger partial charge in [-0.05, 0) is 25.5 Å². The van der Waals surface area contributed by atoms with Gasteiger partial charge in [0.25, 0.3) is 0 Å². The minimum absolute atomic E-state index is 0.197. The van der Waals surface area contributed by atoms with Crippen molar-refractivity contribution < 1.29 is 14.7 Å². The number of carboxylic acid groups (broad SMARTS) is 1. The summed E-state index contributed by atoms with van der Waals surface area (Å²) in [5.74, 6) is -1.21. The standard InChI is InChI=1S/C16H17N5O3/c1-16(2,15(23)24)21-9-12(8-18-21)19-14(22)6-10-3-4-11-7-17-20-13(11)5-10/h3-5,7-9H,6H2,1-2H3,(H,17,20)(H,19,22)(H,23,24). The van der Waals surface area contributed by atoms with E-state index in [1.165, 1.54) is 30.9 Å². The Labute approximate surface area is 137 Å². The predicted molar refractivity (Wildman–Crippen MR) is 87.6 cm³/mol. The molecule has 0 saturated carbocycles. The molecule has 0 radical (unpaired) electrons. The summed E-state index contributed by atoms with van der Waals surface area (Å²) < 4.78 is 1.31. The number of benzene rings is 1. The van der Waals surface area contributed by atoms with Crippen LogP contribution in [0.3, 0.4) is 0 Å². The van der Waals surface area contributed by atoms with Crippen molar-refractivity contribution in [1.82, 2.24) is 20.0 Å². The number of nitrogens with zero attached hydrogens (tertiary/aromatic N) is 3. The molecule has 0 unspecified atom stereocenters. The Morgan fingerprint density at radius 2 is 2.12 bits per heavy atom. The molecule has 3 N–H and O–H groups in total. The van der Waals surface area contributed by atoms with Crippen molar-refractivity contribution in [2.75, 3.05) is 5.32 Å². The van der Waals surface area contributed by atoms with Crippen LogP contribution in [-0.2, 0) is 21.5 Å². The number of aromatic nitrogens is 4. The Kier molecular flexibility index (Phi) is 3.80. The number of carbonyl (C=O) groups excluding carboxylic acids is 1. The molecule has 0 atom stereocenters. The van der Waals surface area contributed by atoms with E-state index in [2.05, 4.69) is 20.6 Å². The summed E-state index contributed by atoms with van der Waals surface area (Å²) in [6, 6.07) is 5.64. The van der Waals surface area contributed by atoms with Gasteiger partial charge in [-0.1, -0.05) is 12.1 Å². The first-order chi connectivity index (χ1) is 11.4. The van der Waals surface area contributed by atoms with Crippen molar-refractivity contribution in [1.29, 1.82) is 0 Å². The number of hydrogen-bond donors (Lipinski definition) is 3. The third kappa shape index (κ3) is 2.98. The fraction of sp³-hybridized carbons (Fsp3) is 0.250. The lowest BCUT2D eigenvalue weighted by atomic mass is 10.1. The van der Waals surface area contributed by atoms with Gasteiger partial charge < -0.3 is 10.4 Å². The second-order valence-corrected chi connectivity index (χ2v) is 6.05. The number of fused-ring (bicyclic) bond motifs is 1. The van der Waals surface area contributed by atoms with E-state index in [1.807, 2.05) is 18.2 Å². The van der Waals surface area contributed by atoms with Gasteiger partial charge in [0.15, 0.2) is 5.54 Å². The van der Waals surface area contributed by atoms with Crippen LogP contribution in [0.4, 0.5) is 5.69 Å². The topological polar surface area (TPSA) is 113 Å². The highest BCUT2D eigenvalue weighted by molar-refractivity contribution is 5.92. The van der Waals surface area contributed by atoms with Crippen LogP contribution in [0.2, 0.25) is 0 Å². The largest absolute Gasteiger partial charge is 0.479 e. The third-order valence-corrected chi connectivity index (χ3v) is 3.83. The van der Waals surface area contributed by atoms with Crippen LogP contribution in [0.15, 0.2) is 36.8 Å². The second-order valence-electron chi connectivity index (χ2n) is 6.05. The van der Waals surface area contributed by atoms with Gasteiger partial charge in [-0.25, -0.2) is 4.79 Å². The molecule has 8 nitrogen and oxygen atoms in total. The average Bonchev–Trinajstić information content (AvgIpc) is 3.15. The van der Waals surface area contributed by atoms with Crippen molar-refractivity contribution in [3.63, 3.8) is 0 Å². The summed E-state index contributed by atoms with van der Waals surface area (Å²) in [6.45, 7) is 3.07. The lowest BCUT2D eigenvalue weighted by Crippen LogP contribution is -2.35. The summed E-state index contributed by atoms with van der Waals surface area (Å²) >= 11 is 0. The predicted octanol–water partition coefficient (Wildman–Crippen LogP) is 1.76. The molecule has 2 heterocycles. The zero-order valence-corrected chi connectivity index (χ0v) is 13.3. The van der Waals surface area contributed by atoms with Gasteiger partial charge in [-0.2, -0.15) is 10.2 Å². The first kappa shape index (κ1) is 15.7. The molecular weight excluding hydrogens is 310 g/mol.